The molecule has 5 heteroatoms. The summed E-state index contributed by atoms with van der Waals surface area (Å²) in [6.07, 6.45) is 3.12. The van der Waals surface area contributed by atoms with Crippen molar-refractivity contribution >= 4 is 27.5 Å². The fraction of sp³-hybridized carbons (Fsp3) is 0.364. The van der Waals surface area contributed by atoms with E-state index in [-0.39, 0.29) is 12.0 Å². The molecular formula is C22H26N2O2S. The standard InChI is InChI=1S/C22H26N2O2S/c1-17(18-9-3-2-4-10-18)26-16-8-15-23-21(25)13-7-14-22-24-19-11-5-6-12-20(19)27-22/h2-6,9-12,17H,7-8,13-16H2,1H3,(H,23,25)/t17-/m0/s1. The zero-order valence-electron chi connectivity index (χ0n) is 15.7. The summed E-state index contributed by atoms with van der Waals surface area (Å²) < 4.78 is 7.03. The quantitative estimate of drug-likeness (QED) is 0.507. The third-order valence-electron chi connectivity index (χ3n) is 4.41. The minimum atomic E-state index is 0.0794. The molecule has 0 spiro atoms. The summed E-state index contributed by atoms with van der Waals surface area (Å²) in [4.78, 5) is 16.6. The smallest absolute Gasteiger partial charge is 0.220 e. The maximum Gasteiger partial charge on any atom is 0.220 e. The number of aromatic nitrogens is 1. The van der Waals surface area contributed by atoms with E-state index in [1.54, 1.807) is 11.3 Å². The minimum Gasteiger partial charge on any atom is -0.374 e. The Balaban J connectivity index is 1.26. The molecule has 0 unspecified atom stereocenters. The third-order valence-corrected chi connectivity index (χ3v) is 5.51. The van der Waals surface area contributed by atoms with Crippen molar-refractivity contribution in [3.05, 3.63) is 65.2 Å². The van der Waals surface area contributed by atoms with Crippen molar-refractivity contribution in [1.29, 1.82) is 0 Å². The highest BCUT2D eigenvalue weighted by Crippen LogP contribution is 2.22. The lowest BCUT2D eigenvalue weighted by atomic mass is 10.1. The van der Waals surface area contributed by atoms with Gasteiger partial charge in [0.25, 0.3) is 0 Å². The lowest BCUT2D eigenvalue weighted by molar-refractivity contribution is -0.121. The van der Waals surface area contributed by atoms with Crippen LogP contribution in [0.4, 0.5) is 0 Å². The van der Waals surface area contributed by atoms with E-state index in [0.717, 1.165) is 29.8 Å². The Kier molecular flexibility index (Phi) is 7.36. The maximum absolute atomic E-state index is 12.0. The highest BCUT2D eigenvalue weighted by Gasteiger charge is 2.07. The molecular weight excluding hydrogens is 356 g/mol. The number of hydrogen-bond acceptors (Lipinski definition) is 4. The van der Waals surface area contributed by atoms with Crippen LogP contribution in [0.2, 0.25) is 0 Å². The lowest BCUT2D eigenvalue weighted by Gasteiger charge is -2.13. The van der Waals surface area contributed by atoms with Gasteiger partial charge in [-0.1, -0.05) is 42.5 Å². The molecule has 0 aliphatic heterocycles. The molecule has 0 bridgehead atoms. The number of carbonyl (C=O) groups is 1. The van der Waals surface area contributed by atoms with E-state index >= 15 is 0 Å². The number of para-hydroxylation sites is 1. The van der Waals surface area contributed by atoms with Crippen LogP contribution < -0.4 is 5.32 Å². The highest BCUT2D eigenvalue weighted by molar-refractivity contribution is 7.18. The number of nitrogens with zero attached hydrogens (tertiary/aromatic N) is 1. The summed E-state index contributed by atoms with van der Waals surface area (Å²) in [7, 11) is 0. The van der Waals surface area contributed by atoms with Crippen LogP contribution in [-0.4, -0.2) is 24.0 Å². The van der Waals surface area contributed by atoms with Crippen LogP contribution in [0.15, 0.2) is 54.6 Å². The topological polar surface area (TPSA) is 51.2 Å². The van der Waals surface area contributed by atoms with Crippen LogP contribution in [0.5, 0.6) is 0 Å². The van der Waals surface area contributed by atoms with E-state index in [9.17, 15) is 4.79 Å². The van der Waals surface area contributed by atoms with Gasteiger partial charge in [-0.25, -0.2) is 4.98 Å². The Labute approximate surface area is 164 Å². The SMILES string of the molecule is C[C@H](OCCCNC(=O)CCCc1nc2ccccc2s1)c1ccccc1. The molecule has 2 aromatic carbocycles. The van der Waals surface area contributed by atoms with E-state index in [2.05, 4.69) is 35.4 Å². The first-order chi connectivity index (χ1) is 13.2. The average Bonchev–Trinajstić information content (AvgIpc) is 3.11. The largest absolute Gasteiger partial charge is 0.374 e. The van der Waals surface area contributed by atoms with Gasteiger partial charge in [0, 0.05) is 19.6 Å². The molecule has 1 heterocycles. The second kappa shape index (κ2) is 10.2. The number of hydrogen-bond donors (Lipinski definition) is 1. The fourth-order valence-corrected chi connectivity index (χ4v) is 3.90. The van der Waals surface area contributed by atoms with E-state index in [0.29, 0.717) is 19.6 Å². The van der Waals surface area contributed by atoms with Gasteiger partial charge in [-0.15, -0.1) is 11.3 Å². The summed E-state index contributed by atoms with van der Waals surface area (Å²) in [6, 6.07) is 18.3. The van der Waals surface area contributed by atoms with Crippen molar-refractivity contribution in [1.82, 2.24) is 10.3 Å². The van der Waals surface area contributed by atoms with Gasteiger partial charge in [0.05, 0.1) is 21.3 Å². The summed E-state index contributed by atoms with van der Waals surface area (Å²) in [5, 5.41) is 4.08. The van der Waals surface area contributed by atoms with Crippen molar-refractivity contribution in [2.24, 2.45) is 0 Å². The molecule has 0 saturated carbocycles. The van der Waals surface area contributed by atoms with E-state index in [1.165, 1.54) is 10.3 Å². The molecule has 1 amide bonds. The summed E-state index contributed by atoms with van der Waals surface area (Å²) in [5.41, 5.74) is 2.23. The van der Waals surface area contributed by atoms with Crippen LogP contribution in [-0.2, 0) is 16.0 Å². The molecule has 3 aromatic rings. The molecule has 0 aliphatic carbocycles. The maximum atomic E-state index is 12.0. The van der Waals surface area contributed by atoms with Crippen molar-refractivity contribution < 1.29 is 9.53 Å². The van der Waals surface area contributed by atoms with Gasteiger partial charge in [0.1, 0.15) is 0 Å². The number of fused-ring (bicyclic) bond motifs is 1. The van der Waals surface area contributed by atoms with Gasteiger partial charge >= 0.3 is 0 Å². The van der Waals surface area contributed by atoms with Crippen molar-refractivity contribution in [2.45, 2.75) is 38.7 Å². The number of aryl methyl sites for hydroxylation is 1. The summed E-state index contributed by atoms with van der Waals surface area (Å²) in [6.45, 7) is 3.35. The highest BCUT2D eigenvalue weighted by atomic mass is 32.1. The second-order valence-corrected chi connectivity index (χ2v) is 7.67. The first-order valence-corrected chi connectivity index (χ1v) is 10.3. The number of rotatable bonds is 10. The van der Waals surface area contributed by atoms with Gasteiger partial charge in [-0.3, -0.25) is 4.79 Å². The normalized spacial score (nSPS) is 12.2. The van der Waals surface area contributed by atoms with E-state index in [1.807, 2.05) is 36.4 Å². The van der Waals surface area contributed by atoms with Crippen LogP contribution in [0.3, 0.4) is 0 Å². The third kappa shape index (κ3) is 6.15. The average molecular weight is 383 g/mol. The monoisotopic (exact) mass is 382 g/mol. The van der Waals surface area contributed by atoms with Gasteiger partial charge in [0.15, 0.2) is 0 Å². The van der Waals surface area contributed by atoms with Crippen LogP contribution in [0.1, 0.15) is 42.9 Å². The van der Waals surface area contributed by atoms with Crippen LogP contribution in [0.25, 0.3) is 10.2 Å². The Morgan fingerprint density at radius 2 is 1.89 bits per heavy atom. The molecule has 1 aromatic heterocycles. The molecule has 4 nitrogen and oxygen atoms in total. The minimum absolute atomic E-state index is 0.0794. The van der Waals surface area contributed by atoms with Crippen molar-refractivity contribution in [3.8, 4) is 0 Å². The predicted octanol–water partition coefficient (Wildman–Crippen LogP) is 4.90. The zero-order valence-corrected chi connectivity index (χ0v) is 16.5. The first kappa shape index (κ1) is 19.5. The van der Waals surface area contributed by atoms with E-state index in [4.69, 9.17) is 4.74 Å². The van der Waals surface area contributed by atoms with Crippen molar-refractivity contribution in [2.75, 3.05) is 13.2 Å². The summed E-state index contributed by atoms with van der Waals surface area (Å²) >= 11 is 1.71. The molecule has 142 valence electrons. The second-order valence-electron chi connectivity index (χ2n) is 6.56. The number of ether oxygens (including phenoxy) is 1. The molecule has 1 N–H and O–H groups in total. The van der Waals surface area contributed by atoms with Gasteiger partial charge in [-0.05, 0) is 43.9 Å². The van der Waals surface area contributed by atoms with Crippen LogP contribution in [0, 0.1) is 0 Å². The molecule has 3 rings (SSSR count). The first-order valence-electron chi connectivity index (χ1n) is 9.50. The molecule has 0 saturated heterocycles. The number of carbonyl (C=O) groups excluding carboxylic acids is 1. The Bertz CT molecular complexity index is 815. The molecule has 0 aliphatic rings. The van der Waals surface area contributed by atoms with Gasteiger partial charge < -0.3 is 10.1 Å². The van der Waals surface area contributed by atoms with E-state index < -0.39 is 0 Å². The van der Waals surface area contributed by atoms with Crippen molar-refractivity contribution in [3.63, 3.8) is 0 Å². The number of benzene rings is 2. The molecule has 0 radical (unpaired) electrons. The lowest BCUT2D eigenvalue weighted by Crippen LogP contribution is -2.25. The zero-order chi connectivity index (χ0) is 18.9. The Morgan fingerprint density at radius 3 is 2.70 bits per heavy atom. The predicted molar refractivity (Wildman–Crippen MR) is 111 cm³/mol. The summed E-state index contributed by atoms with van der Waals surface area (Å²) in [5.74, 6) is 0.104. The molecule has 0 fully saturated rings. The van der Waals surface area contributed by atoms with Gasteiger partial charge in [-0.2, -0.15) is 0 Å². The number of amides is 1. The number of nitrogens with one attached hydrogen (secondary N) is 1. The van der Waals surface area contributed by atoms with Crippen LogP contribution >= 0.6 is 11.3 Å². The number of thiazole rings is 1. The molecule has 1 atom stereocenters. The fourth-order valence-electron chi connectivity index (χ4n) is 2.90. The Morgan fingerprint density at radius 1 is 1.11 bits per heavy atom. The molecule has 27 heavy (non-hydrogen) atoms. The van der Waals surface area contributed by atoms with Gasteiger partial charge in [0.2, 0.25) is 5.91 Å². The Hall–Kier alpha value is -2.24.